The third-order valence-electron chi connectivity index (χ3n) is 5.60. The van der Waals surface area contributed by atoms with Crippen LogP contribution in [0.25, 0.3) is 0 Å². The molecule has 0 aliphatic carbocycles. The van der Waals surface area contributed by atoms with E-state index in [1.165, 1.54) is 11.9 Å². The minimum atomic E-state index is -0.764. The van der Waals surface area contributed by atoms with Crippen LogP contribution in [0.2, 0.25) is 0 Å². The Morgan fingerprint density at radius 2 is 2.06 bits per heavy atom. The maximum atomic E-state index is 13.2. The highest BCUT2D eigenvalue weighted by Crippen LogP contribution is 2.34. The van der Waals surface area contributed by atoms with Gasteiger partial charge in [0.25, 0.3) is 0 Å². The average Bonchev–Trinajstić information content (AvgIpc) is 3.33. The average molecular weight is 437 g/mol. The summed E-state index contributed by atoms with van der Waals surface area (Å²) in [5, 5.41) is 18.3. The third kappa shape index (κ3) is 4.00. The Hall–Kier alpha value is -2.97. The highest BCUT2D eigenvalue weighted by atomic mass is 32.2. The number of rotatable bonds is 5. The zero-order valence-corrected chi connectivity index (χ0v) is 18.0. The Labute approximate surface area is 185 Å². The van der Waals surface area contributed by atoms with E-state index in [1.807, 2.05) is 52.7 Å². The molecule has 7 nitrogen and oxygen atoms in total. The number of carbonyl (C=O) groups excluding carboxylic acids is 1. The molecule has 0 radical (unpaired) electrons. The summed E-state index contributed by atoms with van der Waals surface area (Å²) < 4.78 is 7.48. The molecule has 2 atom stereocenters. The Balaban J connectivity index is 1.28. The van der Waals surface area contributed by atoms with Gasteiger partial charge in [0.1, 0.15) is 12.4 Å². The number of amides is 1. The van der Waals surface area contributed by atoms with E-state index in [0.717, 1.165) is 39.7 Å². The van der Waals surface area contributed by atoms with Crippen LogP contribution in [-0.4, -0.2) is 44.4 Å². The predicted molar refractivity (Wildman–Crippen MR) is 119 cm³/mol. The number of aliphatic hydroxyl groups excluding tert-OH is 1. The molecule has 3 heterocycles. The van der Waals surface area contributed by atoms with Crippen LogP contribution in [0, 0.1) is 0 Å². The molecule has 2 unspecified atom stereocenters. The Morgan fingerprint density at radius 1 is 1.23 bits per heavy atom. The number of aromatic nitrogens is 2. The molecule has 0 fully saturated rings. The molecule has 0 spiro atoms. The van der Waals surface area contributed by atoms with Crippen LogP contribution in [0.3, 0.4) is 0 Å². The van der Waals surface area contributed by atoms with E-state index in [9.17, 15) is 9.90 Å². The van der Waals surface area contributed by atoms with Gasteiger partial charge in [0, 0.05) is 41.7 Å². The van der Waals surface area contributed by atoms with Crippen molar-refractivity contribution < 1.29 is 14.6 Å². The van der Waals surface area contributed by atoms with Gasteiger partial charge in [0.05, 0.1) is 29.9 Å². The van der Waals surface area contributed by atoms with Crippen molar-refractivity contribution >= 4 is 23.5 Å². The Morgan fingerprint density at radius 3 is 2.84 bits per heavy atom. The maximum Gasteiger partial charge on any atom is 0.233 e. The molecule has 1 amide bonds. The number of ether oxygens (including phenoxy) is 1. The summed E-state index contributed by atoms with van der Waals surface area (Å²) in [7, 11) is 0. The monoisotopic (exact) mass is 436 g/mol. The van der Waals surface area contributed by atoms with Crippen molar-refractivity contribution in [3.05, 3.63) is 71.5 Å². The molecule has 8 heteroatoms. The van der Waals surface area contributed by atoms with Gasteiger partial charge >= 0.3 is 0 Å². The first kappa shape index (κ1) is 20.0. The Bertz CT molecular complexity index is 1080. The van der Waals surface area contributed by atoms with Gasteiger partial charge < -0.3 is 20.1 Å². The quantitative estimate of drug-likeness (QED) is 0.639. The van der Waals surface area contributed by atoms with Gasteiger partial charge in [-0.2, -0.15) is 5.10 Å². The highest BCUT2D eigenvalue weighted by molar-refractivity contribution is 7.97. The summed E-state index contributed by atoms with van der Waals surface area (Å²) in [5.41, 5.74) is 3.77. The lowest BCUT2D eigenvalue weighted by molar-refractivity contribution is -0.135. The van der Waals surface area contributed by atoms with Crippen LogP contribution in [0.1, 0.15) is 29.7 Å². The zero-order chi connectivity index (χ0) is 21.4. The molecule has 31 heavy (non-hydrogen) atoms. The lowest BCUT2D eigenvalue weighted by atomic mass is 9.93. The van der Waals surface area contributed by atoms with Crippen LogP contribution in [0.4, 0.5) is 5.69 Å². The fraction of sp³-hybridized carbons (Fsp3) is 0.304. The van der Waals surface area contributed by atoms with Gasteiger partial charge in [-0.15, -0.1) is 0 Å². The second-order valence-electron chi connectivity index (χ2n) is 7.85. The second-order valence-corrected chi connectivity index (χ2v) is 8.88. The summed E-state index contributed by atoms with van der Waals surface area (Å²) in [4.78, 5) is 16.0. The van der Waals surface area contributed by atoms with Gasteiger partial charge in [-0.3, -0.25) is 4.79 Å². The topological polar surface area (TPSA) is 79.6 Å². The largest absolute Gasteiger partial charge is 0.490 e. The van der Waals surface area contributed by atoms with Crippen LogP contribution >= 0.6 is 11.9 Å². The summed E-state index contributed by atoms with van der Waals surface area (Å²) in [6.07, 6.45) is 1.22. The van der Waals surface area contributed by atoms with E-state index >= 15 is 0 Å². The summed E-state index contributed by atoms with van der Waals surface area (Å²) >= 11 is 1.53. The van der Waals surface area contributed by atoms with Gasteiger partial charge in [0.2, 0.25) is 5.91 Å². The first-order valence-electron chi connectivity index (χ1n) is 10.4. The molecule has 0 bridgehead atoms. The maximum absolute atomic E-state index is 13.2. The molecular weight excluding hydrogens is 412 g/mol. The molecule has 2 N–H and O–H groups in total. The standard InChI is InChI=1S/C23H24N4O3S/c1-15(28)22(16-5-3-2-4-6-16)23(29)26-12-17-13-27(25-20(17)14-26)31-18-7-8-21-19(11-18)24-9-10-30-21/h2-8,11,13,15,22,24,28H,9-10,12,14H2,1H3. The lowest BCUT2D eigenvalue weighted by Gasteiger charge is -2.25. The van der Waals surface area contributed by atoms with E-state index in [1.54, 1.807) is 11.8 Å². The second kappa shape index (κ2) is 8.28. The van der Waals surface area contributed by atoms with E-state index in [4.69, 9.17) is 4.74 Å². The molecule has 3 aromatic rings. The van der Waals surface area contributed by atoms with Crippen molar-refractivity contribution in [3.63, 3.8) is 0 Å². The van der Waals surface area contributed by atoms with Crippen molar-refractivity contribution in [2.75, 3.05) is 18.5 Å². The van der Waals surface area contributed by atoms with Crippen LogP contribution in [0.5, 0.6) is 5.75 Å². The lowest BCUT2D eigenvalue weighted by Crippen LogP contribution is -2.36. The number of hydrogen-bond acceptors (Lipinski definition) is 6. The van der Waals surface area contributed by atoms with E-state index < -0.39 is 12.0 Å². The molecule has 2 aliphatic heterocycles. The van der Waals surface area contributed by atoms with Crippen LogP contribution in [-0.2, 0) is 17.9 Å². The third-order valence-corrected chi connectivity index (χ3v) is 6.44. The van der Waals surface area contributed by atoms with Crippen molar-refractivity contribution in [2.45, 2.75) is 36.9 Å². The summed E-state index contributed by atoms with van der Waals surface area (Å²) in [6.45, 7) is 4.11. The molecule has 5 rings (SSSR count). The smallest absolute Gasteiger partial charge is 0.233 e. The van der Waals surface area contributed by atoms with Crippen molar-refractivity contribution in [1.29, 1.82) is 0 Å². The molecule has 2 aliphatic rings. The van der Waals surface area contributed by atoms with Crippen LogP contribution < -0.4 is 10.1 Å². The fourth-order valence-corrected chi connectivity index (χ4v) is 4.93. The normalized spacial score (nSPS) is 16.6. The summed E-state index contributed by atoms with van der Waals surface area (Å²) in [5.74, 6) is 0.231. The van der Waals surface area contributed by atoms with Crippen molar-refractivity contribution in [1.82, 2.24) is 14.1 Å². The number of nitrogens with one attached hydrogen (secondary N) is 1. The van der Waals surface area contributed by atoms with E-state index in [2.05, 4.69) is 16.5 Å². The van der Waals surface area contributed by atoms with Gasteiger partial charge in [-0.05, 0) is 30.7 Å². The van der Waals surface area contributed by atoms with Crippen molar-refractivity contribution in [2.24, 2.45) is 0 Å². The SMILES string of the molecule is CC(O)C(C(=O)N1Cc2cn(Sc3ccc4c(c3)NCCO4)nc2C1)c1ccccc1. The predicted octanol–water partition coefficient (Wildman–Crippen LogP) is 3.25. The minimum Gasteiger partial charge on any atom is -0.490 e. The number of hydrogen-bond donors (Lipinski definition) is 2. The molecular formula is C23H24N4O3S. The zero-order valence-electron chi connectivity index (χ0n) is 17.2. The molecule has 0 saturated heterocycles. The number of benzene rings is 2. The number of carbonyl (C=O) groups is 1. The molecule has 2 aromatic carbocycles. The number of fused-ring (bicyclic) bond motifs is 2. The first-order valence-corrected chi connectivity index (χ1v) is 11.1. The van der Waals surface area contributed by atoms with Gasteiger partial charge in [-0.1, -0.05) is 30.3 Å². The number of aliphatic hydroxyl groups is 1. The van der Waals surface area contributed by atoms with Gasteiger partial charge in [0.15, 0.2) is 0 Å². The minimum absolute atomic E-state index is 0.0702. The van der Waals surface area contributed by atoms with Gasteiger partial charge in [-0.25, -0.2) is 4.09 Å². The number of nitrogens with zero attached hydrogens (tertiary/aromatic N) is 3. The molecule has 160 valence electrons. The first-order chi connectivity index (χ1) is 15.1. The van der Waals surface area contributed by atoms with E-state index in [-0.39, 0.29) is 5.91 Å². The molecule has 0 saturated carbocycles. The summed E-state index contributed by atoms with van der Waals surface area (Å²) in [6, 6.07) is 15.5. The fourth-order valence-electron chi connectivity index (χ4n) is 4.10. The molecule has 1 aromatic heterocycles. The highest BCUT2D eigenvalue weighted by Gasteiger charge is 2.34. The number of anilines is 1. The van der Waals surface area contributed by atoms with Crippen molar-refractivity contribution in [3.8, 4) is 5.75 Å². The van der Waals surface area contributed by atoms with Crippen LogP contribution in [0.15, 0.2) is 59.6 Å². The Kier molecular flexibility index (Phi) is 5.33. The van der Waals surface area contributed by atoms with E-state index in [0.29, 0.717) is 19.7 Å².